The maximum absolute atomic E-state index is 12.8. The van der Waals surface area contributed by atoms with Gasteiger partial charge < -0.3 is 5.43 Å². The van der Waals surface area contributed by atoms with Crippen molar-refractivity contribution in [3.8, 4) is 0 Å². The fourth-order valence-electron chi connectivity index (χ4n) is 3.75. The molecule has 0 radical (unpaired) electrons. The molecule has 35 heavy (non-hydrogen) atoms. The third kappa shape index (κ3) is 4.58. The van der Waals surface area contributed by atoms with Crippen LogP contribution >= 0.6 is 11.8 Å². The molecule has 0 atom stereocenters. The Balaban J connectivity index is 1.39. The minimum Gasteiger partial charge on any atom is -0.301 e. The summed E-state index contributed by atoms with van der Waals surface area (Å²) in [4.78, 5) is 18.0. The van der Waals surface area contributed by atoms with Crippen LogP contribution in [-0.2, 0) is 14.8 Å². The number of anilines is 2. The molecule has 2 N–H and O–H groups in total. The summed E-state index contributed by atoms with van der Waals surface area (Å²) in [5.41, 5.74) is 9.69. The van der Waals surface area contributed by atoms with Crippen LogP contribution in [0.15, 0.2) is 94.7 Å². The van der Waals surface area contributed by atoms with E-state index in [1.54, 1.807) is 12.1 Å². The average Bonchev–Trinajstić information content (AvgIpc) is 3.20. The summed E-state index contributed by atoms with van der Waals surface area (Å²) in [6, 6.07) is 22.0. The normalized spacial score (nSPS) is 15.1. The second kappa shape index (κ2) is 9.40. The number of fused-ring (bicyclic) bond motifs is 2. The fourth-order valence-corrected chi connectivity index (χ4v) is 5.88. The number of thioether (sulfide) groups is 1. The molecule has 0 saturated carbocycles. The topological polar surface area (TPSA) is 104 Å². The SMILES string of the molecule is C=CCN1C(=O)CS/C1=N/S(=O)(=O)c1ccc(NNc2c3ccccc3nc3ccccc23)cc1. The number of amides is 1. The number of benzene rings is 3. The first-order valence-corrected chi connectivity index (χ1v) is 13.2. The Labute approximate surface area is 206 Å². The van der Waals surface area contributed by atoms with Crippen LogP contribution in [0, 0.1) is 0 Å². The molecule has 0 spiro atoms. The van der Waals surface area contributed by atoms with Crippen molar-refractivity contribution in [2.24, 2.45) is 4.40 Å². The Hall–Kier alpha value is -3.89. The first kappa shape index (κ1) is 22.9. The zero-order chi connectivity index (χ0) is 24.4. The largest absolute Gasteiger partial charge is 0.301 e. The minimum atomic E-state index is -3.98. The van der Waals surface area contributed by atoms with E-state index in [4.69, 9.17) is 4.98 Å². The number of hydrazine groups is 1. The molecule has 1 aliphatic rings. The zero-order valence-corrected chi connectivity index (χ0v) is 20.1. The highest BCUT2D eigenvalue weighted by Crippen LogP contribution is 2.31. The smallest absolute Gasteiger partial charge is 0.284 e. The molecule has 5 rings (SSSR count). The van der Waals surface area contributed by atoms with E-state index in [0.717, 1.165) is 39.3 Å². The second-order valence-electron chi connectivity index (χ2n) is 7.73. The van der Waals surface area contributed by atoms with Crippen molar-refractivity contribution < 1.29 is 13.2 Å². The highest BCUT2D eigenvalue weighted by atomic mass is 32.2. The van der Waals surface area contributed by atoms with Crippen LogP contribution in [0.2, 0.25) is 0 Å². The lowest BCUT2D eigenvalue weighted by Crippen LogP contribution is -2.30. The van der Waals surface area contributed by atoms with Gasteiger partial charge in [-0.25, -0.2) is 4.98 Å². The van der Waals surface area contributed by atoms with Crippen molar-refractivity contribution in [1.82, 2.24) is 9.88 Å². The van der Waals surface area contributed by atoms with Crippen molar-refractivity contribution in [2.75, 3.05) is 23.1 Å². The van der Waals surface area contributed by atoms with Crippen molar-refractivity contribution >= 4 is 66.0 Å². The molecule has 1 saturated heterocycles. The molecule has 10 heteroatoms. The summed E-state index contributed by atoms with van der Waals surface area (Å²) < 4.78 is 29.5. The number of carbonyl (C=O) groups excluding carboxylic acids is 1. The number of amidine groups is 1. The number of sulfonamides is 1. The Bertz CT molecular complexity index is 1530. The van der Waals surface area contributed by atoms with Gasteiger partial charge in [-0.1, -0.05) is 54.2 Å². The van der Waals surface area contributed by atoms with Crippen LogP contribution in [0.3, 0.4) is 0 Å². The Morgan fingerprint density at radius 1 is 0.971 bits per heavy atom. The van der Waals surface area contributed by atoms with Crippen molar-refractivity contribution in [2.45, 2.75) is 4.90 Å². The molecule has 0 unspecified atom stereocenters. The number of hydrogen-bond donors (Lipinski definition) is 2. The molecule has 1 amide bonds. The van der Waals surface area contributed by atoms with E-state index in [1.807, 2.05) is 48.5 Å². The number of para-hydroxylation sites is 2. The molecule has 8 nitrogen and oxygen atoms in total. The lowest BCUT2D eigenvalue weighted by Gasteiger charge is -2.15. The van der Waals surface area contributed by atoms with E-state index in [9.17, 15) is 13.2 Å². The number of aromatic nitrogens is 1. The highest BCUT2D eigenvalue weighted by Gasteiger charge is 2.29. The lowest BCUT2D eigenvalue weighted by molar-refractivity contribution is -0.123. The van der Waals surface area contributed by atoms with E-state index < -0.39 is 10.0 Å². The minimum absolute atomic E-state index is 0.0360. The van der Waals surface area contributed by atoms with Gasteiger partial charge in [0.1, 0.15) is 0 Å². The van der Waals surface area contributed by atoms with Gasteiger partial charge in [0.25, 0.3) is 10.0 Å². The molecule has 2 heterocycles. The fraction of sp³-hybridized carbons (Fsp3) is 0.0800. The quantitative estimate of drug-likeness (QED) is 0.215. The molecule has 0 aliphatic carbocycles. The van der Waals surface area contributed by atoms with Gasteiger partial charge in [-0.05, 0) is 36.4 Å². The lowest BCUT2D eigenvalue weighted by atomic mass is 10.1. The highest BCUT2D eigenvalue weighted by molar-refractivity contribution is 8.15. The van der Waals surface area contributed by atoms with E-state index in [2.05, 4.69) is 21.8 Å². The van der Waals surface area contributed by atoms with Crippen molar-refractivity contribution in [1.29, 1.82) is 0 Å². The van der Waals surface area contributed by atoms with Gasteiger partial charge in [0.15, 0.2) is 5.17 Å². The van der Waals surface area contributed by atoms with Gasteiger partial charge in [0.05, 0.1) is 33.1 Å². The maximum Gasteiger partial charge on any atom is 0.284 e. The molecular weight excluding hydrogens is 482 g/mol. The van der Waals surface area contributed by atoms with Crippen LogP contribution in [-0.4, -0.2) is 41.7 Å². The van der Waals surface area contributed by atoms with Crippen LogP contribution < -0.4 is 10.9 Å². The third-order valence-electron chi connectivity index (χ3n) is 5.44. The first-order valence-electron chi connectivity index (χ1n) is 10.7. The Morgan fingerprint density at radius 2 is 1.60 bits per heavy atom. The number of nitrogens with zero attached hydrogens (tertiary/aromatic N) is 3. The number of rotatable bonds is 7. The summed E-state index contributed by atoms with van der Waals surface area (Å²) in [6.07, 6.45) is 1.54. The Morgan fingerprint density at radius 3 is 2.23 bits per heavy atom. The van der Waals surface area contributed by atoms with Gasteiger partial charge in [0, 0.05) is 17.3 Å². The molecule has 1 aromatic heterocycles. The average molecular weight is 504 g/mol. The van der Waals surface area contributed by atoms with Gasteiger partial charge in [0.2, 0.25) is 5.91 Å². The molecule has 1 fully saturated rings. The molecule has 176 valence electrons. The van der Waals surface area contributed by atoms with Crippen LogP contribution in [0.25, 0.3) is 21.8 Å². The van der Waals surface area contributed by atoms with Crippen LogP contribution in [0.5, 0.6) is 0 Å². The van der Waals surface area contributed by atoms with Gasteiger partial charge >= 0.3 is 0 Å². The van der Waals surface area contributed by atoms with E-state index in [0.29, 0.717) is 5.69 Å². The molecule has 4 aromatic rings. The summed E-state index contributed by atoms with van der Waals surface area (Å²) in [6.45, 7) is 3.82. The molecular formula is C25H21N5O3S2. The zero-order valence-electron chi connectivity index (χ0n) is 18.5. The van der Waals surface area contributed by atoms with Gasteiger partial charge in [-0.2, -0.15) is 8.42 Å². The third-order valence-corrected chi connectivity index (χ3v) is 7.80. The molecule has 0 bridgehead atoms. The van der Waals surface area contributed by atoms with E-state index in [1.165, 1.54) is 23.1 Å². The van der Waals surface area contributed by atoms with Crippen LogP contribution in [0.4, 0.5) is 11.4 Å². The maximum atomic E-state index is 12.8. The molecule has 3 aromatic carbocycles. The van der Waals surface area contributed by atoms with Crippen molar-refractivity contribution in [3.63, 3.8) is 0 Å². The summed E-state index contributed by atoms with van der Waals surface area (Å²) in [7, 11) is -3.98. The Kier molecular flexibility index (Phi) is 6.14. The predicted molar refractivity (Wildman–Crippen MR) is 142 cm³/mol. The van der Waals surface area contributed by atoms with Crippen molar-refractivity contribution in [3.05, 3.63) is 85.5 Å². The monoisotopic (exact) mass is 503 g/mol. The second-order valence-corrected chi connectivity index (χ2v) is 10.3. The van der Waals surface area contributed by atoms with Gasteiger partial charge in [-0.3, -0.25) is 15.1 Å². The number of hydrogen-bond acceptors (Lipinski definition) is 7. The van der Waals surface area contributed by atoms with E-state index >= 15 is 0 Å². The summed E-state index contributed by atoms with van der Waals surface area (Å²) >= 11 is 1.10. The number of pyridine rings is 1. The number of carbonyl (C=O) groups is 1. The molecule has 1 aliphatic heterocycles. The summed E-state index contributed by atoms with van der Waals surface area (Å²) in [5.74, 6) is -0.0274. The predicted octanol–water partition coefficient (Wildman–Crippen LogP) is 4.63. The number of nitrogens with one attached hydrogen (secondary N) is 2. The van der Waals surface area contributed by atoms with E-state index in [-0.39, 0.29) is 28.3 Å². The first-order chi connectivity index (χ1) is 17.0. The summed E-state index contributed by atoms with van der Waals surface area (Å²) in [5, 5.41) is 2.08. The van der Waals surface area contributed by atoms with Crippen LogP contribution in [0.1, 0.15) is 0 Å². The standard InChI is InChI=1S/C25H21N5O3S2/c1-2-15-30-23(31)16-34-25(30)29-35(32,33)18-13-11-17(12-14-18)27-28-24-19-7-3-5-9-21(19)26-22-10-6-4-8-20(22)24/h2-14,27H,1,15-16H2,(H,26,28)/b29-25+. The van der Waals surface area contributed by atoms with Gasteiger partial charge in [-0.15, -0.1) is 11.0 Å².